The fourth-order valence-electron chi connectivity index (χ4n) is 2.72. The van der Waals surface area contributed by atoms with Crippen LogP contribution in [0.1, 0.15) is 68.6 Å². The summed E-state index contributed by atoms with van der Waals surface area (Å²) in [6.45, 7) is 2.22. The first-order valence-corrected chi connectivity index (χ1v) is 8.21. The summed E-state index contributed by atoms with van der Waals surface area (Å²) in [5, 5.41) is 0. The zero-order chi connectivity index (χ0) is 14.9. The van der Waals surface area contributed by atoms with Gasteiger partial charge in [0.15, 0.2) is 0 Å². The molecule has 0 amide bonds. The molecule has 0 N–H and O–H groups in total. The molecule has 2 atom stereocenters. The molecular formula is C18H26O3. The van der Waals surface area contributed by atoms with E-state index in [0.29, 0.717) is 5.56 Å². The largest absolute Gasteiger partial charge is 0.432 e. The Hall–Kier alpha value is -1.35. The van der Waals surface area contributed by atoms with Crippen molar-refractivity contribution < 1.29 is 14.3 Å². The van der Waals surface area contributed by atoms with E-state index in [2.05, 4.69) is 6.92 Å². The third-order valence-electron chi connectivity index (χ3n) is 3.94. The quantitative estimate of drug-likeness (QED) is 0.539. The molecule has 116 valence electrons. The molecule has 21 heavy (non-hydrogen) atoms. The van der Waals surface area contributed by atoms with Gasteiger partial charge in [0.2, 0.25) is 6.29 Å². The molecule has 0 spiro atoms. The molecule has 0 radical (unpaired) electrons. The van der Waals surface area contributed by atoms with E-state index in [1.807, 2.05) is 18.2 Å². The molecule has 0 aromatic heterocycles. The van der Waals surface area contributed by atoms with Crippen molar-refractivity contribution in [3.8, 4) is 0 Å². The van der Waals surface area contributed by atoms with Crippen LogP contribution in [0.2, 0.25) is 0 Å². The predicted octanol–water partition coefficient (Wildman–Crippen LogP) is 4.71. The van der Waals surface area contributed by atoms with E-state index in [1.54, 1.807) is 12.1 Å². The highest BCUT2D eigenvalue weighted by molar-refractivity contribution is 5.89. The average molecular weight is 290 g/mol. The van der Waals surface area contributed by atoms with Crippen molar-refractivity contribution in [2.75, 3.05) is 0 Å². The number of hydrogen-bond donors (Lipinski definition) is 0. The minimum atomic E-state index is -0.373. The van der Waals surface area contributed by atoms with Gasteiger partial charge < -0.3 is 9.47 Å². The van der Waals surface area contributed by atoms with Gasteiger partial charge >= 0.3 is 5.97 Å². The lowest BCUT2D eigenvalue weighted by Gasteiger charge is -2.29. The molecule has 1 aromatic carbocycles. The number of rotatable bonds is 7. The van der Waals surface area contributed by atoms with Crippen LogP contribution in [0.3, 0.4) is 0 Å². The zero-order valence-electron chi connectivity index (χ0n) is 12.9. The second-order valence-corrected chi connectivity index (χ2v) is 5.74. The summed E-state index contributed by atoms with van der Waals surface area (Å²) in [5.41, 5.74) is 0.589. The first-order chi connectivity index (χ1) is 10.3. The SMILES string of the molecule is CCCCCC[C@H]1CCC[C@@H](OC(=O)c2ccccc2)O1. The molecule has 2 rings (SSSR count). The topological polar surface area (TPSA) is 35.5 Å². The number of ether oxygens (including phenoxy) is 2. The van der Waals surface area contributed by atoms with Gasteiger partial charge in [-0.2, -0.15) is 0 Å². The number of carbonyl (C=O) groups excluding carboxylic acids is 1. The van der Waals surface area contributed by atoms with E-state index in [-0.39, 0.29) is 18.4 Å². The number of carbonyl (C=O) groups is 1. The Morgan fingerprint density at radius 1 is 1.19 bits per heavy atom. The molecule has 1 saturated heterocycles. The number of hydrogen-bond acceptors (Lipinski definition) is 3. The summed E-state index contributed by atoms with van der Waals surface area (Å²) in [7, 11) is 0. The summed E-state index contributed by atoms with van der Waals surface area (Å²) in [6, 6.07) is 9.12. The van der Waals surface area contributed by atoms with Crippen LogP contribution in [0.5, 0.6) is 0 Å². The van der Waals surface area contributed by atoms with Crippen LogP contribution in [0, 0.1) is 0 Å². The van der Waals surface area contributed by atoms with E-state index >= 15 is 0 Å². The lowest BCUT2D eigenvalue weighted by molar-refractivity contribution is -0.167. The minimum Gasteiger partial charge on any atom is -0.432 e. The van der Waals surface area contributed by atoms with Gasteiger partial charge in [0.05, 0.1) is 11.7 Å². The van der Waals surface area contributed by atoms with Crippen molar-refractivity contribution in [1.29, 1.82) is 0 Å². The maximum Gasteiger partial charge on any atom is 0.340 e. The lowest BCUT2D eigenvalue weighted by Crippen LogP contribution is -2.31. The van der Waals surface area contributed by atoms with Crippen molar-refractivity contribution in [2.45, 2.75) is 70.7 Å². The van der Waals surface area contributed by atoms with Crippen molar-refractivity contribution in [2.24, 2.45) is 0 Å². The van der Waals surface area contributed by atoms with Crippen LogP contribution in [-0.4, -0.2) is 18.4 Å². The molecule has 1 heterocycles. The average Bonchev–Trinajstić information content (AvgIpc) is 2.53. The number of esters is 1. The number of unbranched alkanes of at least 4 members (excludes halogenated alkanes) is 3. The number of benzene rings is 1. The summed E-state index contributed by atoms with van der Waals surface area (Å²) in [5.74, 6) is -0.285. The molecule has 0 unspecified atom stereocenters. The summed E-state index contributed by atoms with van der Waals surface area (Å²) < 4.78 is 11.4. The normalized spacial score (nSPS) is 22.0. The molecule has 1 aromatic rings. The van der Waals surface area contributed by atoms with Gasteiger partial charge in [0.25, 0.3) is 0 Å². The highest BCUT2D eigenvalue weighted by atomic mass is 16.7. The zero-order valence-corrected chi connectivity index (χ0v) is 12.9. The predicted molar refractivity (Wildman–Crippen MR) is 83.1 cm³/mol. The van der Waals surface area contributed by atoms with Crippen LogP contribution in [0.25, 0.3) is 0 Å². The Kier molecular flexibility index (Phi) is 6.74. The van der Waals surface area contributed by atoms with Crippen LogP contribution >= 0.6 is 0 Å². The Morgan fingerprint density at radius 3 is 2.76 bits per heavy atom. The molecule has 3 heteroatoms. The third kappa shape index (κ3) is 5.50. The van der Waals surface area contributed by atoms with Crippen molar-refractivity contribution in [3.05, 3.63) is 35.9 Å². The summed E-state index contributed by atoms with van der Waals surface area (Å²) >= 11 is 0. The molecule has 1 aliphatic rings. The van der Waals surface area contributed by atoms with Crippen molar-refractivity contribution >= 4 is 5.97 Å². The maximum absolute atomic E-state index is 12.0. The monoisotopic (exact) mass is 290 g/mol. The van der Waals surface area contributed by atoms with Crippen molar-refractivity contribution in [3.63, 3.8) is 0 Å². The maximum atomic E-state index is 12.0. The van der Waals surface area contributed by atoms with Crippen LogP contribution < -0.4 is 0 Å². The van der Waals surface area contributed by atoms with E-state index < -0.39 is 0 Å². The van der Waals surface area contributed by atoms with Crippen molar-refractivity contribution in [1.82, 2.24) is 0 Å². The van der Waals surface area contributed by atoms with Gasteiger partial charge in [-0.25, -0.2) is 4.79 Å². The standard InChI is InChI=1S/C18H26O3/c1-2-3-4-8-12-16-13-9-14-17(20-16)21-18(19)15-10-6-5-7-11-15/h5-7,10-11,16-17H,2-4,8-9,12-14H2,1H3/t16-,17+/m0/s1. The molecule has 1 fully saturated rings. The minimum absolute atomic E-state index is 0.254. The molecular weight excluding hydrogens is 264 g/mol. The van der Waals surface area contributed by atoms with E-state index in [1.165, 1.54) is 25.7 Å². The Bertz CT molecular complexity index is 416. The first kappa shape index (κ1) is 16.0. The van der Waals surface area contributed by atoms with Gasteiger partial charge in [0, 0.05) is 6.42 Å². The van der Waals surface area contributed by atoms with Gasteiger partial charge in [-0.15, -0.1) is 0 Å². The van der Waals surface area contributed by atoms with Gasteiger partial charge in [-0.1, -0.05) is 50.8 Å². The smallest absolute Gasteiger partial charge is 0.340 e. The van der Waals surface area contributed by atoms with E-state index in [0.717, 1.165) is 25.7 Å². The molecule has 0 bridgehead atoms. The van der Waals surface area contributed by atoms with Crippen LogP contribution in [0.15, 0.2) is 30.3 Å². The molecule has 0 aliphatic carbocycles. The van der Waals surface area contributed by atoms with Gasteiger partial charge in [-0.3, -0.25) is 0 Å². The third-order valence-corrected chi connectivity index (χ3v) is 3.94. The van der Waals surface area contributed by atoms with Crippen LogP contribution in [-0.2, 0) is 9.47 Å². The molecule has 1 aliphatic heterocycles. The first-order valence-electron chi connectivity index (χ1n) is 8.21. The fourth-order valence-corrected chi connectivity index (χ4v) is 2.72. The summed E-state index contributed by atoms with van der Waals surface area (Å²) in [4.78, 5) is 12.0. The Morgan fingerprint density at radius 2 is 2.00 bits per heavy atom. The van der Waals surface area contributed by atoms with Gasteiger partial charge in [-0.05, 0) is 31.4 Å². The fraction of sp³-hybridized carbons (Fsp3) is 0.611. The lowest BCUT2D eigenvalue weighted by atomic mass is 10.0. The Balaban J connectivity index is 1.74. The van der Waals surface area contributed by atoms with E-state index in [4.69, 9.17) is 9.47 Å². The molecule has 3 nitrogen and oxygen atoms in total. The highest BCUT2D eigenvalue weighted by Crippen LogP contribution is 2.24. The second kappa shape index (κ2) is 8.83. The summed E-state index contributed by atoms with van der Waals surface area (Å²) in [6.07, 6.45) is 8.96. The Labute approximate surface area is 127 Å². The second-order valence-electron chi connectivity index (χ2n) is 5.74. The highest BCUT2D eigenvalue weighted by Gasteiger charge is 2.25. The van der Waals surface area contributed by atoms with Gasteiger partial charge in [0.1, 0.15) is 0 Å². The molecule has 0 saturated carbocycles. The van der Waals surface area contributed by atoms with Crippen LogP contribution in [0.4, 0.5) is 0 Å². The van der Waals surface area contributed by atoms with E-state index in [9.17, 15) is 4.79 Å².